The predicted octanol–water partition coefficient (Wildman–Crippen LogP) is 3.29. The normalized spacial score (nSPS) is 11.5. The summed E-state index contributed by atoms with van der Waals surface area (Å²) in [6.07, 6.45) is 0.282. The monoisotopic (exact) mass is 235 g/mol. The van der Waals surface area contributed by atoms with Crippen molar-refractivity contribution in [2.24, 2.45) is 5.73 Å². The second kappa shape index (κ2) is 4.95. The van der Waals surface area contributed by atoms with Crippen molar-refractivity contribution in [2.75, 3.05) is 0 Å². The van der Waals surface area contributed by atoms with Gasteiger partial charge in [0.15, 0.2) is 0 Å². The van der Waals surface area contributed by atoms with Gasteiger partial charge in [-0.15, -0.1) is 11.3 Å². The zero-order valence-corrected chi connectivity index (χ0v) is 10.5. The standard InChI is InChI=1S/C13H17NOS/c1-9(2)15-8-12-6-11-5-10(7-14)3-4-13(11)16-12/h3-6,9H,7-8,14H2,1-2H3. The minimum absolute atomic E-state index is 0.282. The summed E-state index contributed by atoms with van der Waals surface area (Å²) in [5.41, 5.74) is 6.81. The van der Waals surface area contributed by atoms with E-state index in [1.807, 2.05) is 0 Å². The van der Waals surface area contributed by atoms with E-state index in [-0.39, 0.29) is 6.10 Å². The number of thiophene rings is 1. The summed E-state index contributed by atoms with van der Waals surface area (Å²) in [6.45, 7) is 5.41. The maximum absolute atomic E-state index is 5.62. The molecule has 0 aliphatic rings. The highest BCUT2D eigenvalue weighted by Gasteiger charge is 2.03. The average molecular weight is 235 g/mol. The van der Waals surface area contributed by atoms with Gasteiger partial charge in [-0.05, 0) is 43.0 Å². The minimum Gasteiger partial charge on any atom is -0.373 e. The highest BCUT2D eigenvalue weighted by molar-refractivity contribution is 7.19. The Bertz CT molecular complexity index is 476. The van der Waals surface area contributed by atoms with Gasteiger partial charge < -0.3 is 10.5 Å². The first-order chi connectivity index (χ1) is 7.69. The molecular formula is C13H17NOS. The molecule has 16 heavy (non-hydrogen) atoms. The fraction of sp³-hybridized carbons (Fsp3) is 0.385. The first-order valence-corrected chi connectivity index (χ1v) is 6.33. The van der Waals surface area contributed by atoms with Crippen LogP contribution in [0.5, 0.6) is 0 Å². The van der Waals surface area contributed by atoms with Crippen LogP contribution >= 0.6 is 11.3 Å². The number of hydrogen-bond acceptors (Lipinski definition) is 3. The molecule has 3 heteroatoms. The van der Waals surface area contributed by atoms with Crippen LogP contribution in [0.25, 0.3) is 10.1 Å². The molecule has 0 radical (unpaired) electrons. The van der Waals surface area contributed by atoms with Gasteiger partial charge in [0.2, 0.25) is 0 Å². The Morgan fingerprint density at radius 3 is 2.81 bits per heavy atom. The molecule has 1 aromatic heterocycles. The molecule has 0 aliphatic heterocycles. The predicted molar refractivity (Wildman–Crippen MR) is 69.6 cm³/mol. The number of benzene rings is 1. The van der Waals surface area contributed by atoms with Crippen molar-refractivity contribution in [3.05, 3.63) is 34.7 Å². The van der Waals surface area contributed by atoms with Crippen LogP contribution in [0.2, 0.25) is 0 Å². The Morgan fingerprint density at radius 1 is 1.31 bits per heavy atom. The summed E-state index contributed by atoms with van der Waals surface area (Å²) in [5, 5.41) is 1.27. The highest BCUT2D eigenvalue weighted by Crippen LogP contribution is 2.27. The third-order valence-corrected chi connectivity index (χ3v) is 3.52. The lowest BCUT2D eigenvalue weighted by Crippen LogP contribution is -2.00. The van der Waals surface area contributed by atoms with E-state index in [1.54, 1.807) is 11.3 Å². The van der Waals surface area contributed by atoms with Crippen LogP contribution in [0.1, 0.15) is 24.3 Å². The zero-order chi connectivity index (χ0) is 11.5. The van der Waals surface area contributed by atoms with Crippen LogP contribution in [-0.4, -0.2) is 6.10 Å². The lowest BCUT2D eigenvalue weighted by molar-refractivity contribution is 0.0675. The summed E-state index contributed by atoms with van der Waals surface area (Å²) in [5.74, 6) is 0. The Kier molecular flexibility index (Phi) is 3.59. The number of ether oxygens (including phenoxy) is 1. The van der Waals surface area contributed by atoms with Gasteiger partial charge in [0.25, 0.3) is 0 Å². The van der Waals surface area contributed by atoms with Crippen molar-refractivity contribution in [3.63, 3.8) is 0 Å². The molecule has 0 fully saturated rings. The van der Waals surface area contributed by atoms with E-state index in [0.717, 1.165) is 0 Å². The van der Waals surface area contributed by atoms with Gasteiger partial charge in [-0.25, -0.2) is 0 Å². The van der Waals surface area contributed by atoms with Crippen molar-refractivity contribution in [2.45, 2.75) is 33.1 Å². The Balaban J connectivity index is 2.22. The van der Waals surface area contributed by atoms with Gasteiger partial charge in [0.1, 0.15) is 0 Å². The first kappa shape index (κ1) is 11.6. The van der Waals surface area contributed by atoms with Crippen molar-refractivity contribution >= 4 is 21.4 Å². The van der Waals surface area contributed by atoms with E-state index in [1.165, 1.54) is 20.5 Å². The molecule has 86 valence electrons. The molecule has 2 nitrogen and oxygen atoms in total. The first-order valence-electron chi connectivity index (χ1n) is 5.52. The van der Waals surface area contributed by atoms with Gasteiger partial charge >= 0.3 is 0 Å². The largest absolute Gasteiger partial charge is 0.373 e. The SMILES string of the molecule is CC(C)OCc1cc2cc(CN)ccc2s1. The molecule has 2 aromatic rings. The zero-order valence-electron chi connectivity index (χ0n) is 9.69. The van der Waals surface area contributed by atoms with E-state index in [9.17, 15) is 0 Å². The molecule has 0 amide bonds. The van der Waals surface area contributed by atoms with Crippen LogP contribution in [0.3, 0.4) is 0 Å². The maximum Gasteiger partial charge on any atom is 0.0813 e. The fourth-order valence-corrected chi connectivity index (χ4v) is 2.56. The van der Waals surface area contributed by atoms with Gasteiger partial charge in [-0.3, -0.25) is 0 Å². The third-order valence-electron chi connectivity index (χ3n) is 2.43. The molecule has 0 saturated carbocycles. The molecule has 1 aromatic carbocycles. The fourth-order valence-electron chi connectivity index (χ4n) is 1.59. The molecule has 2 N–H and O–H groups in total. The van der Waals surface area contributed by atoms with Crippen molar-refractivity contribution < 1.29 is 4.74 Å². The quantitative estimate of drug-likeness (QED) is 0.882. The second-order valence-electron chi connectivity index (χ2n) is 4.15. The third kappa shape index (κ3) is 2.61. The Morgan fingerprint density at radius 2 is 2.12 bits per heavy atom. The summed E-state index contributed by atoms with van der Waals surface area (Å²) < 4.78 is 6.90. The molecule has 1 heterocycles. The lowest BCUT2D eigenvalue weighted by atomic mass is 10.1. The van der Waals surface area contributed by atoms with Gasteiger partial charge in [-0.1, -0.05) is 6.07 Å². The van der Waals surface area contributed by atoms with Crippen LogP contribution in [0, 0.1) is 0 Å². The van der Waals surface area contributed by atoms with Crippen molar-refractivity contribution in [1.29, 1.82) is 0 Å². The number of hydrogen-bond donors (Lipinski definition) is 1. The number of rotatable bonds is 4. The Hall–Kier alpha value is -0.900. The van der Waals surface area contributed by atoms with E-state index in [0.29, 0.717) is 13.2 Å². The van der Waals surface area contributed by atoms with Gasteiger partial charge in [0, 0.05) is 16.1 Å². The molecule has 0 spiro atoms. The average Bonchev–Trinajstić information content (AvgIpc) is 2.67. The number of fused-ring (bicyclic) bond motifs is 1. The molecule has 2 rings (SSSR count). The molecule has 0 unspecified atom stereocenters. The highest BCUT2D eigenvalue weighted by atomic mass is 32.1. The summed E-state index contributed by atoms with van der Waals surface area (Å²) >= 11 is 1.79. The van der Waals surface area contributed by atoms with E-state index >= 15 is 0 Å². The van der Waals surface area contributed by atoms with Crippen molar-refractivity contribution in [1.82, 2.24) is 0 Å². The van der Waals surface area contributed by atoms with E-state index < -0.39 is 0 Å². The minimum atomic E-state index is 0.282. The van der Waals surface area contributed by atoms with Crippen molar-refractivity contribution in [3.8, 4) is 0 Å². The topological polar surface area (TPSA) is 35.2 Å². The second-order valence-corrected chi connectivity index (χ2v) is 5.32. The van der Waals surface area contributed by atoms with Crippen LogP contribution in [0.4, 0.5) is 0 Å². The molecular weight excluding hydrogens is 218 g/mol. The van der Waals surface area contributed by atoms with Gasteiger partial charge in [0.05, 0.1) is 12.7 Å². The molecule has 0 atom stereocenters. The summed E-state index contributed by atoms with van der Waals surface area (Å²) in [7, 11) is 0. The molecule has 0 saturated heterocycles. The summed E-state index contributed by atoms with van der Waals surface area (Å²) in [4.78, 5) is 1.28. The lowest BCUT2D eigenvalue weighted by Gasteiger charge is -2.04. The maximum atomic E-state index is 5.62. The van der Waals surface area contributed by atoms with E-state index in [2.05, 4.69) is 38.1 Å². The van der Waals surface area contributed by atoms with E-state index in [4.69, 9.17) is 10.5 Å². The smallest absolute Gasteiger partial charge is 0.0813 e. The van der Waals surface area contributed by atoms with Gasteiger partial charge in [-0.2, -0.15) is 0 Å². The van der Waals surface area contributed by atoms with Crippen LogP contribution in [-0.2, 0) is 17.9 Å². The van der Waals surface area contributed by atoms with Crippen LogP contribution in [0.15, 0.2) is 24.3 Å². The van der Waals surface area contributed by atoms with Crippen LogP contribution < -0.4 is 5.73 Å². The molecule has 0 aliphatic carbocycles. The Labute approximate surface area is 100 Å². The molecule has 0 bridgehead atoms. The number of nitrogens with two attached hydrogens (primary N) is 1. The summed E-state index contributed by atoms with van der Waals surface area (Å²) in [6, 6.07) is 8.58.